The first kappa shape index (κ1) is 22.6. The minimum atomic E-state index is 0. The zero-order valence-corrected chi connectivity index (χ0v) is 20.0. The van der Waals surface area contributed by atoms with Gasteiger partial charge in [0.1, 0.15) is 5.75 Å². The third-order valence-electron chi connectivity index (χ3n) is 6.32. The molecule has 0 radical (unpaired) electrons. The van der Waals surface area contributed by atoms with E-state index in [9.17, 15) is 0 Å². The number of likely N-dealkylation sites (tertiary alicyclic amines) is 1. The van der Waals surface area contributed by atoms with Gasteiger partial charge in [-0.2, -0.15) is 0 Å². The Hall–Kier alpha value is -1.06. The van der Waals surface area contributed by atoms with Crippen LogP contribution < -0.4 is 10.1 Å². The lowest BCUT2D eigenvalue weighted by atomic mass is 9.98. The fourth-order valence-electron chi connectivity index (χ4n) is 4.71. The van der Waals surface area contributed by atoms with Gasteiger partial charge in [-0.15, -0.1) is 24.0 Å². The summed E-state index contributed by atoms with van der Waals surface area (Å²) >= 11 is 0. The summed E-state index contributed by atoms with van der Waals surface area (Å²) in [7, 11) is 1.71. The summed E-state index contributed by atoms with van der Waals surface area (Å²) in [5.41, 5.74) is 1.38. The molecule has 3 heterocycles. The van der Waals surface area contributed by atoms with E-state index in [-0.39, 0.29) is 30.1 Å². The summed E-state index contributed by atoms with van der Waals surface area (Å²) < 4.78 is 11.4. The van der Waals surface area contributed by atoms with Crippen LogP contribution in [-0.2, 0) is 4.74 Å². The molecular weight excluding hydrogens is 479 g/mol. The Balaban J connectivity index is 0.00000240. The number of methoxy groups -OCH3 is 1. The van der Waals surface area contributed by atoms with E-state index in [0.717, 1.165) is 57.5 Å². The van der Waals surface area contributed by atoms with E-state index in [1.165, 1.54) is 24.9 Å². The molecule has 4 rings (SSSR count). The maximum Gasteiger partial charge on any atom is 0.194 e. The molecule has 3 atom stereocenters. The highest BCUT2D eigenvalue weighted by atomic mass is 127. The quantitative estimate of drug-likeness (QED) is 0.372. The maximum absolute atomic E-state index is 6.09. The largest absolute Gasteiger partial charge is 0.497 e. The topological polar surface area (TPSA) is 49.3 Å². The van der Waals surface area contributed by atoms with Crippen LogP contribution in [0.15, 0.2) is 29.3 Å². The molecule has 1 aromatic rings. The molecular formula is C22H35IN4O2. The average Bonchev–Trinajstić information content (AvgIpc) is 3.40. The van der Waals surface area contributed by atoms with E-state index in [4.69, 9.17) is 14.5 Å². The molecule has 0 amide bonds. The molecule has 0 aromatic heterocycles. The summed E-state index contributed by atoms with van der Waals surface area (Å²) in [5, 5.41) is 3.49. The molecule has 3 fully saturated rings. The Morgan fingerprint density at radius 3 is 2.79 bits per heavy atom. The highest BCUT2D eigenvalue weighted by Gasteiger charge is 2.32. The first-order valence-electron chi connectivity index (χ1n) is 10.8. The Bertz CT molecular complexity index is 669. The number of ether oxygens (including phenoxy) is 2. The fourth-order valence-corrected chi connectivity index (χ4v) is 4.71. The Labute approximate surface area is 192 Å². The summed E-state index contributed by atoms with van der Waals surface area (Å²) in [5.74, 6) is 2.50. The Morgan fingerprint density at radius 2 is 2.03 bits per heavy atom. The zero-order chi connectivity index (χ0) is 19.3. The maximum atomic E-state index is 6.09. The lowest BCUT2D eigenvalue weighted by Crippen LogP contribution is -2.47. The molecule has 0 spiro atoms. The summed E-state index contributed by atoms with van der Waals surface area (Å²) in [6, 6.07) is 9.16. The molecule has 1 aromatic carbocycles. The van der Waals surface area contributed by atoms with Crippen molar-refractivity contribution in [3.05, 3.63) is 29.8 Å². The van der Waals surface area contributed by atoms with E-state index in [2.05, 4.69) is 46.3 Å². The van der Waals surface area contributed by atoms with Crippen molar-refractivity contribution in [3.63, 3.8) is 0 Å². The number of nitrogens with zero attached hydrogens (tertiary/aromatic N) is 3. The highest BCUT2D eigenvalue weighted by Crippen LogP contribution is 2.28. The van der Waals surface area contributed by atoms with Crippen molar-refractivity contribution < 1.29 is 9.47 Å². The molecule has 3 aliphatic rings. The van der Waals surface area contributed by atoms with Gasteiger partial charge in [-0.25, -0.2) is 0 Å². The third kappa shape index (κ3) is 5.55. The number of nitrogens with one attached hydrogen (secondary N) is 1. The molecule has 162 valence electrons. The van der Waals surface area contributed by atoms with Crippen molar-refractivity contribution >= 4 is 29.9 Å². The van der Waals surface area contributed by atoms with Crippen LogP contribution in [0.25, 0.3) is 0 Å². The summed E-state index contributed by atoms with van der Waals surface area (Å²) in [6.07, 6.45) is 3.99. The standard InChI is InChI=1S/C22H34N4O2.HI/c1-3-23-22(24-13-21-15-25-11-4-5-19(25)16-28-21)26-12-10-18(14-26)17-6-8-20(27-2)9-7-17;/h6-9,18-19,21H,3-5,10-16H2,1-2H3,(H,23,24);1H. The molecule has 29 heavy (non-hydrogen) atoms. The van der Waals surface area contributed by atoms with Crippen molar-refractivity contribution in [1.29, 1.82) is 0 Å². The van der Waals surface area contributed by atoms with Crippen LogP contribution in [0.3, 0.4) is 0 Å². The van der Waals surface area contributed by atoms with Crippen molar-refractivity contribution in [2.24, 2.45) is 4.99 Å². The lowest BCUT2D eigenvalue weighted by Gasteiger charge is -2.34. The third-order valence-corrected chi connectivity index (χ3v) is 6.32. The zero-order valence-electron chi connectivity index (χ0n) is 17.7. The van der Waals surface area contributed by atoms with Gasteiger partial charge in [-0.1, -0.05) is 12.1 Å². The minimum absolute atomic E-state index is 0. The predicted octanol–water partition coefficient (Wildman–Crippen LogP) is 2.93. The van der Waals surface area contributed by atoms with E-state index < -0.39 is 0 Å². The van der Waals surface area contributed by atoms with Gasteiger partial charge in [0.15, 0.2) is 5.96 Å². The molecule has 0 aliphatic carbocycles. The number of aliphatic imine (C=N–C) groups is 1. The molecule has 0 bridgehead atoms. The number of hydrogen-bond acceptors (Lipinski definition) is 4. The SMILES string of the molecule is CCNC(=NCC1CN2CCCC2CO1)N1CCC(c2ccc(OC)cc2)C1.I. The van der Waals surface area contributed by atoms with Gasteiger partial charge >= 0.3 is 0 Å². The van der Waals surface area contributed by atoms with E-state index in [1.54, 1.807) is 7.11 Å². The molecule has 3 unspecified atom stereocenters. The number of morpholine rings is 1. The van der Waals surface area contributed by atoms with E-state index >= 15 is 0 Å². The van der Waals surface area contributed by atoms with Gasteiger partial charge in [0, 0.05) is 38.1 Å². The first-order valence-corrected chi connectivity index (χ1v) is 10.8. The summed E-state index contributed by atoms with van der Waals surface area (Å²) in [4.78, 5) is 9.94. The Morgan fingerprint density at radius 1 is 1.21 bits per heavy atom. The van der Waals surface area contributed by atoms with Crippen molar-refractivity contribution in [2.75, 3.05) is 53.0 Å². The van der Waals surface area contributed by atoms with Crippen molar-refractivity contribution in [1.82, 2.24) is 15.1 Å². The van der Waals surface area contributed by atoms with Crippen LogP contribution in [0.5, 0.6) is 5.75 Å². The summed E-state index contributed by atoms with van der Waals surface area (Å²) in [6.45, 7) is 8.96. The van der Waals surface area contributed by atoms with Gasteiger partial charge in [0.05, 0.1) is 26.4 Å². The second-order valence-electron chi connectivity index (χ2n) is 8.15. The van der Waals surface area contributed by atoms with Crippen LogP contribution in [0.4, 0.5) is 0 Å². The molecule has 3 aliphatic heterocycles. The molecule has 7 heteroatoms. The number of benzene rings is 1. The van der Waals surface area contributed by atoms with Gasteiger partial charge in [-0.3, -0.25) is 9.89 Å². The number of halogens is 1. The van der Waals surface area contributed by atoms with Gasteiger partial charge in [0.2, 0.25) is 0 Å². The lowest BCUT2D eigenvalue weighted by molar-refractivity contribution is -0.0432. The number of hydrogen-bond donors (Lipinski definition) is 1. The molecule has 1 N–H and O–H groups in total. The van der Waals surface area contributed by atoms with Crippen molar-refractivity contribution in [2.45, 2.75) is 44.2 Å². The van der Waals surface area contributed by atoms with E-state index in [1.807, 2.05) is 0 Å². The molecule has 6 nitrogen and oxygen atoms in total. The smallest absolute Gasteiger partial charge is 0.194 e. The van der Waals surface area contributed by atoms with Gasteiger partial charge < -0.3 is 19.7 Å². The van der Waals surface area contributed by atoms with Crippen LogP contribution in [0.1, 0.15) is 37.7 Å². The van der Waals surface area contributed by atoms with Crippen LogP contribution >= 0.6 is 24.0 Å². The monoisotopic (exact) mass is 514 g/mol. The second kappa shape index (κ2) is 10.8. The fraction of sp³-hybridized carbons (Fsp3) is 0.682. The van der Waals surface area contributed by atoms with E-state index in [0.29, 0.717) is 12.0 Å². The molecule has 3 saturated heterocycles. The predicted molar refractivity (Wildman–Crippen MR) is 128 cm³/mol. The molecule has 0 saturated carbocycles. The Kier molecular flexibility index (Phi) is 8.44. The normalized spacial score (nSPS) is 27.4. The highest BCUT2D eigenvalue weighted by molar-refractivity contribution is 14.0. The van der Waals surface area contributed by atoms with Crippen LogP contribution in [0, 0.1) is 0 Å². The van der Waals surface area contributed by atoms with Crippen LogP contribution in [0.2, 0.25) is 0 Å². The first-order chi connectivity index (χ1) is 13.8. The number of guanidine groups is 1. The van der Waals surface area contributed by atoms with Crippen LogP contribution in [-0.4, -0.2) is 80.9 Å². The average molecular weight is 514 g/mol. The van der Waals surface area contributed by atoms with Crippen molar-refractivity contribution in [3.8, 4) is 5.75 Å². The second-order valence-corrected chi connectivity index (χ2v) is 8.15. The minimum Gasteiger partial charge on any atom is -0.497 e. The number of fused-ring (bicyclic) bond motifs is 1. The number of rotatable bonds is 5. The van der Waals surface area contributed by atoms with Gasteiger partial charge in [0.25, 0.3) is 0 Å². The van der Waals surface area contributed by atoms with Gasteiger partial charge in [-0.05, 0) is 50.4 Å².